The van der Waals surface area contributed by atoms with Gasteiger partial charge in [-0.25, -0.2) is 0 Å². The second kappa shape index (κ2) is 7.06. The predicted molar refractivity (Wildman–Crippen MR) is 81.8 cm³/mol. The average molecular weight is 282 g/mol. The molecule has 0 radical (unpaired) electrons. The maximum Gasteiger partial charge on any atom is 0.157 e. The van der Waals surface area contributed by atoms with Crippen molar-refractivity contribution in [3.8, 4) is 0 Å². The molecule has 1 rings (SSSR count). The number of hydrogen-bond donors (Lipinski definition) is 0. The lowest BCUT2D eigenvalue weighted by atomic mass is 9.87. The molecule has 0 amide bonds. The number of Topliss-reactive ketones (excluding diaryl/α,β-unsaturated/α-hetero) is 1. The Bertz CT molecular complexity index is 429. The van der Waals surface area contributed by atoms with Crippen LogP contribution < -0.4 is 0 Å². The molecule has 2 nitrogen and oxygen atoms in total. The minimum Gasteiger partial charge on any atom is -0.297 e. The maximum absolute atomic E-state index is 12.7. The van der Waals surface area contributed by atoms with E-state index < -0.39 is 0 Å². The lowest BCUT2D eigenvalue weighted by Gasteiger charge is -2.38. The monoisotopic (exact) mass is 281 g/mol. The average Bonchev–Trinajstić information content (AvgIpc) is 2.39. The van der Waals surface area contributed by atoms with Crippen LogP contribution in [-0.4, -0.2) is 29.3 Å². The van der Waals surface area contributed by atoms with Crippen LogP contribution in [0.4, 0.5) is 0 Å². The number of ketones is 1. The molecule has 0 spiro atoms. The molecule has 0 aliphatic carbocycles. The third-order valence-corrected chi connectivity index (χ3v) is 4.24. The molecule has 0 fully saturated rings. The fraction of sp³-hybridized carbons (Fsp3) is 0.562. The first-order chi connectivity index (χ1) is 8.97. The molecular formula is C16H24ClNO. The van der Waals surface area contributed by atoms with Crippen LogP contribution in [0.25, 0.3) is 0 Å². The molecule has 1 unspecified atom stereocenters. The van der Waals surface area contributed by atoms with E-state index in [4.69, 9.17) is 11.6 Å². The van der Waals surface area contributed by atoms with Crippen LogP contribution in [0.2, 0.25) is 5.02 Å². The van der Waals surface area contributed by atoms with Crippen LogP contribution in [0.1, 0.15) is 39.7 Å². The summed E-state index contributed by atoms with van der Waals surface area (Å²) in [5, 5.41) is 0.686. The Labute approximate surface area is 121 Å². The molecule has 0 aromatic heterocycles. The van der Waals surface area contributed by atoms with Gasteiger partial charge in [0, 0.05) is 11.4 Å². The van der Waals surface area contributed by atoms with Crippen molar-refractivity contribution < 1.29 is 4.79 Å². The van der Waals surface area contributed by atoms with Gasteiger partial charge in [0.2, 0.25) is 0 Å². The van der Waals surface area contributed by atoms with E-state index in [1.54, 1.807) is 0 Å². The van der Waals surface area contributed by atoms with Crippen LogP contribution in [0.3, 0.4) is 0 Å². The predicted octanol–water partition coefficient (Wildman–Crippen LogP) is 3.96. The van der Waals surface area contributed by atoms with Crippen molar-refractivity contribution >= 4 is 17.4 Å². The zero-order valence-corrected chi connectivity index (χ0v) is 13.1. The Morgan fingerprint density at radius 3 is 2.37 bits per heavy atom. The molecule has 1 aromatic carbocycles. The first-order valence-electron chi connectivity index (χ1n) is 7.00. The van der Waals surface area contributed by atoms with Gasteiger partial charge in [-0.3, -0.25) is 9.69 Å². The van der Waals surface area contributed by atoms with E-state index in [0.717, 1.165) is 25.1 Å². The maximum atomic E-state index is 12.7. The Kier molecular flexibility index (Phi) is 6.02. The van der Waals surface area contributed by atoms with E-state index in [1.807, 2.05) is 31.2 Å². The summed E-state index contributed by atoms with van der Waals surface area (Å²) >= 11 is 5.97. The number of nitrogens with zero attached hydrogens (tertiary/aromatic N) is 1. The minimum atomic E-state index is -0.383. The van der Waals surface area contributed by atoms with Gasteiger partial charge in [-0.2, -0.15) is 0 Å². The molecular weight excluding hydrogens is 258 g/mol. The highest BCUT2D eigenvalue weighted by atomic mass is 35.5. The van der Waals surface area contributed by atoms with E-state index >= 15 is 0 Å². The van der Waals surface area contributed by atoms with Gasteiger partial charge in [0.05, 0.1) is 5.54 Å². The number of halogens is 1. The lowest BCUT2D eigenvalue weighted by molar-refractivity contribution is -0.129. The lowest BCUT2D eigenvalue weighted by Crippen LogP contribution is -2.52. The van der Waals surface area contributed by atoms with E-state index in [-0.39, 0.29) is 11.3 Å². The summed E-state index contributed by atoms with van der Waals surface area (Å²) in [6.07, 6.45) is 1.27. The van der Waals surface area contributed by atoms with Crippen molar-refractivity contribution in [2.45, 2.75) is 46.1 Å². The Morgan fingerprint density at radius 1 is 1.26 bits per heavy atom. The topological polar surface area (TPSA) is 20.3 Å². The SMILES string of the molecule is CCN(CC)C(C)(CC)C(=O)Cc1cccc(Cl)c1. The second-order valence-electron chi connectivity index (χ2n) is 5.03. The summed E-state index contributed by atoms with van der Waals surface area (Å²) < 4.78 is 0. The van der Waals surface area contributed by atoms with Crippen molar-refractivity contribution in [3.05, 3.63) is 34.9 Å². The number of benzene rings is 1. The first-order valence-corrected chi connectivity index (χ1v) is 7.38. The highest BCUT2D eigenvalue weighted by Crippen LogP contribution is 2.23. The summed E-state index contributed by atoms with van der Waals surface area (Å²) in [4.78, 5) is 14.9. The fourth-order valence-electron chi connectivity index (χ4n) is 2.54. The minimum absolute atomic E-state index is 0.265. The zero-order chi connectivity index (χ0) is 14.5. The molecule has 3 heteroatoms. The van der Waals surface area contributed by atoms with Gasteiger partial charge in [-0.05, 0) is 44.1 Å². The van der Waals surface area contributed by atoms with Crippen molar-refractivity contribution in [2.75, 3.05) is 13.1 Å². The smallest absolute Gasteiger partial charge is 0.157 e. The van der Waals surface area contributed by atoms with Crippen LogP contribution in [-0.2, 0) is 11.2 Å². The second-order valence-corrected chi connectivity index (χ2v) is 5.47. The molecule has 0 aliphatic heterocycles. The standard InChI is InChI=1S/C16H24ClNO/c1-5-16(4,18(6-2)7-3)15(19)12-13-9-8-10-14(17)11-13/h8-11H,5-7,12H2,1-4H3. The number of carbonyl (C=O) groups is 1. The Morgan fingerprint density at radius 2 is 1.89 bits per heavy atom. The van der Waals surface area contributed by atoms with Crippen LogP contribution in [0, 0.1) is 0 Å². The van der Waals surface area contributed by atoms with Crippen LogP contribution in [0.5, 0.6) is 0 Å². The van der Waals surface area contributed by atoms with Crippen molar-refractivity contribution in [1.82, 2.24) is 4.90 Å². The molecule has 0 bridgehead atoms. The van der Waals surface area contributed by atoms with E-state index in [9.17, 15) is 4.79 Å². The molecule has 0 saturated heterocycles. The third-order valence-electron chi connectivity index (χ3n) is 4.00. The molecule has 1 aromatic rings. The Hall–Kier alpha value is -0.860. The van der Waals surface area contributed by atoms with Gasteiger partial charge in [-0.15, -0.1) is 0 Å². The van der Waals surface area contributed by atoms with Crippen molar-refractivity contribution in [3.63, 3.8) is 0 Å². The number of likely N-dealkylation sites (N-methyl/N-ethyl adjacent to an activating group) is 1. The first kappa shape index (κ1) is 16.2. The van der Waals surface area contributed by atoms with E-state index in [0.29, 0.717) is 11.4 Å². The quantitative estimate of drug-likeness (QED) is 0.754. The van der Waals surface area contributed by atoms with Crippen LogP contribution in [0.15, 0.2) is 24.3 Å². The van der Waals surface area contributed by atoms with Gasteiger partial charge < -0.3 is 0 Å². The number of rotatable bonds is 7. The summed E-state index contributed by atoms with van der Waals surface area (Å²) in [5.41, 5.74) is 0.607. The molecule has 0 N–H and O–H groups in total. The highest BCUT2D eigenvalue weighted by Gasteiger charge is 2.35. The molecule has 1 atom stereocenters. The van der Waals surface area contributed by atoms with E-state index in [2.05, 4.69) is 25.7 Å². The largest absolute Gasteiger partial charge is 0.297 e. The number of hydrogen-bond acceptors (Lipinski definition) is 2. The van der Waals surface area contributed by atoms with Gasteiger partial charge in [0.25, 0.3) is 0 Å². The highest BCUT2D eigenvalue weighted by molar-refractivity contribution is 6.30. The normalized spacial score (nSPS) is 14.4. The van der Waals surface area contributed by atoms with Gasteiger partial charge in [0.1, 0.15) is 0 Å². The molecule has 106 valence electrons. The number of carbonyl (C=O) groups excluding carboxylic acids is 1. The summed E-state index contributed by atoms with van der Waals surface area (Å²) in [7, 11) is 0. The van der Waals surface area contributed by atoms with Gasteiger partial charge >= 0.3 is 0 Å². The molecule has 0 aliphatic rings. The molecule has 0 heterocycles. The molecule has 0 saturated carbocycles. The molecule has 19 heavy (non-hydrogen) atoms. The third kappa shape index (κ3) is 3.80. The summed E-state index contributed by atoms with van der Waals surface area (Å²) in [6.45, 7) is 10.1. The van der Waals surface area contributed by atoms with E-state index in [1.165, 1.54) is 0 Å². The van der Waals surface area contributed by atoms with Gasteiger partial charge in [-0.1, -0.05) is 44.5 Å². The Balaban J connectivity index is 2.90. The van der Waals surface area contributed by atoms with Crippen molar-refractivity contribution in [2.24, 2.45) is 0 Å². The van der Waals surface area contributed by atoms with Gasteiger partial charge in [0.15, 0.2) is 5.78 Å². The fourth-order valence-corrected chi connectivity index (χ4v) is 2.75. The van der Waals surface area contributed by atoms with Crippen molar-refractivity contribution in [1.29, 1.82) is 0 Å². The summed E-state index contributed by atoms with van der Waals surface area (Å²) in [6, 6.07) is 7.56. The van der Waals surface area contributed by atoms with Crippen LogP contribution >= 0.6 is 11.6 Å². The zero-order valence-electron chi connectivity index (χ0n) is 12.4. The summed E-state index contributed by atoms with van der Waals surface area (Å²) in [5.74, 6) is 0.265.